The summed E-state index contributed by atoms with van der Waals surface area (Å²) in [6.45, 7) is 4.20. The Kier molecular flexibility index (Phi) is 16.5. The van der Waals surface area contributed by atoms with Crippen molar-refractivity contribution in [3.63, 3.8) is 0 Å². The van der Waals surface area contributed by atoms with Gasteiger partial charge in [-0.3, -0.25) is 4.79 Å². The molecule has 0 atom stereocenters. The van der Waals surface area contributed by atoms with Crippen molar-refractivity contribution in [2.75, 3.05) is 6.61 Å². The van der Waals surface area contributed by atoms with Crippen LogP contribution >= 0.6 is 0 Å². The van der Waals surface area contributed by atoms with Crippen LogP contribution in [0.5, 0.6) is 0 Å². The quantitative estimate of drug-likeness (QED) is 0.435. The maximum absolute atomic E-state index is 10.3. The third kappa shape index (κ3) is 16.5. The van der Waals surface area contributed by atoms with Gasteiger partial charge in [-0.2, -0.15) is 0 Å². The van der Waals surface area contributed by atoms with Gasteiger partial charge in [0.15, 0.2) is 0 Å². The van der Waals surface area contributed by atoms with E-state index in [1.807, 2.05) is 0 Å². The first-order valence-electron chi connectivity index (χ1n) is 4.03. The molecule has 0 aromatic heterocycles. The second-order valence-corrected chi connectivity index (χ2v) is 2.40. The van der Waals surface area contributed by atoms with Crippen molar-refractivity contribution in [3.8, 4) is 0 Å². The molecule has 0 saturated heterocycles. The van der Waals surface area contributed by atoms with Crippen molar-refractivity contribution in [2.45, 2.75) is 39.5 Å². The van der Waals surface area contributed by atoms with E-state index >= 15 is 0 Å². The van der Waals surface area contributed by atoms with E-state index in [0.717, 1.165) is 6.42 Å². The molecule has 0 aromatic rings. The Morgan fingerprint density at radius 1 is 1.25 bits per heavy atom. The van der Waals surface area contributed by atoms with Crippen LogP contribution in [-0.4, -0.2) is 12.6 Å². The van der Waals surface area contributed by atoms with Gasteiger partial charge < -0.3 is 4.74 Å². The molecule has 0 spiro atoms. The maximum atomic E-state index is 10.3. The SMILES string of the molecule is CCCCCCOC(C)=O.[O]=[Ag]. The van der Waals surface area contributed by atoms with Gasteiger partial charge in [-0.05, 0) is 6.42 Å². The fourth-order valence-corrected chi connectivity index (χ4v) is 0.745. The fraction of sp³-hybridized carbons (Fsp3) is 0.875. The first kappa shape index (κ1) is 14.5. The number of carbonyl (C=O) groups excluding carboxylic acids is 1. The van der Waals surface area contributed by atoms with Gasteiger partial charge in [-0.15, -0.1) is 0 Å². The Labute approximate surface area is 86.1 Å². The minimum absolute atomic E-state index is 0.170. The molecule has 0 aliphatic carbocycles. The van der Waals surface area contributed by atoms with Crippen LogP contribution in [0.25, 0.3) is 0 Å². The van der Waals surface area contributed by atoms with Crippen LogP contribution in [-0.2, 0) is 33.8 Å². The standard InChI is InChI=1S/C8H16O2.Ag.O/c1-3-4-5-6-7-10-8(2)9;;/h3-7H2,1-2H3;;. The van der Waals surface area contributed by atoms with Gasteiger partial charge in [-0.1, -0.05) is 26.2 Å². The van der Waals surface area contributed by atoms with Crippen molar-refractivity contribution in [1.82, 2.24) is 0 Å². The van der Waals surface area contributed by atoms with Crippen molar-refractivity contribution in [2.24, 2.45) is 0 Å². The predicted octanol–water partition coefficient (Wildman–Crippen LogP) is 2.01. The van der Waals surface area contributed by atoms with Gasteiger partial charge >= 0.3 is 30.3 Å². The molecule has 0 saturated carbocycles. The van der Waals surface area contributed by atoms with Crippen LogP contribution in [0.4, 0.5) is 0 Å². The third-order valence-electron chi connectivity index (χ3n) is 1.30. The summed E-state index contributed by atoms with van der Waals surface area (Å²) in [5, 5.41) is 0. The summed E-state index contributed by atoms with van der Waals surface area (Å²) in [4.78, 5) is 10.3. The van der Waals surface area contributed by atoms with Crippen LogP contribution in [0.3, 0.4) is 0 Å². The molecule has 0 heterocycles. The first-order chi connectivity index (χ1) is 5.77. The zero-order valence-corrected chi connectivity index (χ0v) is 9.04. The molecule has 0 unspecified atom stereocenters. The van der Waals surface area contributed by atoms with Gasteiger partial charge in [0.1, 0.15) is 0 Å². The number of carbonyl (C=O) groups is 1. The van der Waals surface area contributed by atoms with Gasteiger partial charge in [0, 0.05) is 6.92 Å². The molecule has 3 nitrogen and oxygen atoms in total. The monoisotopic (exact) mass is 267 g/mol. The van der Waals surface area contributed by atoms with Crippen molar-refractivity contribution in [3.05, 3.63) is 0 Å². The average molecular weight is 268 g/mol. The van der Waals surface area contributed by atoms with Gasteiger partial charge in [-0.25, -0.2) is 0 Å². The molecule has 12 heavy (non-hydrogen) atoms. The molecule has 0 aliphatic heterocycles. The molecule has 0 bridgehead atoms. The normalized spacial score (nSPS) is 8.33. The van der Waals surface area contributed by atoms with E-state index in [4.69, 9.17) is 7.99 Å². The van der Waals surface area contributed by atoms with E-state index < -0.39 is 0 Å². The molecule has 0 aromatic carbocycles. The Morgan fingerprint density at radius 2 is 1.83 bits per heavy atom. The predicted molar refractivity (Wildman–Crippen MR) is 41.5 cm³/mol. The van der Waals surface area contributed by atoms with Crippen LogP contribution in [0.15, 0.2) is 0 Å². The molecule has 0 N–H and O–H groups in total. The summed E-state index contributed by atoms with van der Waals surface area (Å²) in [5.41, 5.74) is 0. The van der Waals surface area contributed by atoms with E-state index in [9.17, 15) is 4.79 Å². The zero-order valence-electron chi connectivity index (χ0n) is 7.56. The number of unbranched alkanes of at least 4 members (excludes halogenated alkanes) is 3. The average Bonchev–Trinajstić information content (AvgIpc) is 2.07. The van der Waals surface area contributed by atoms with E-state index in [1.165, 1.54) is 26.2 Å². The molecule has 0 rings (SSSR count). The van der Waals surface area contributed by atoms with Crippen molar-refractivity contribution in [1.29, 1.82) is 0 Å². The summed E-state index contributed by atoms with van der Waals surface area (Å²) in [5.74, 6) is -0.170. The summed E-state index contributed by atoms with van der Waals surface area (Å²) < 4.78 is 12.8. The number of esters is 1. The van der Waals surface area contributed by atoms with Crippen LogP contribution in [0.2, 0.25) is 0 Å². The van der Waals surface area contributed by atoms with E-state index in [1.54, 1.807) is 21.0 Å². The van der Waals surface area contributed by atoms with Gasteiger partial charge in [0.2, 0.25) is 0 Å². The van der Waals surface area contributed by atoms with Crippen LogP contribution in [0.1, 0.15) is 39.5 Å². The number of rotatable bonds is 5. The second kappa shape index (κ2) is 13.6. The molecule has 0 radical (unpaired) electrons. The van der Waals surface area contributed by atoms with E-state index in [0.29, 0.717) is 6.61 Å². The Balaban J connectivity index is 0. The fourth-order valence-electron chi connectivity index (χ4n) is 0.745. The first-order valence-corrected chi connectivity index (χ1v) is 4.63. The third-order valence-corrected chi connectivity index (χ3v) is 1.30. The summed E-state index contributed by atoms with van der Waals surface area (Å²) in [6.07, 6.45) is 4.64. The number of hydrogen-bond donors (Lipinski definition) is 0. The summed E-state index contributed by atoms with van der Waals surface area (Å²) in [7, 11) is 0. The molecule has 0 aliphatic rings. The number of ether oxygens (including phenoxy) is 1. The summed E-state index contributed by atoms with van der Waals surface area (Å²) >= 11 is 1.70. The molecular weight excluding hydrogens is 252 g/mol. The van der Waals surface area contributed by atoms with Crippen molar-refractivity contribution < 1.29 is 33.8 Å². The summed E-state index contributed by atoms with van der Waals surface area (Å²) in [6, 6.07) is 0. The molecular formula is C8H16AgO3. The number of hydrogen-bond acceptors (Lipinski definition) is 3. The van der Waals surface area contributed by atoms with E-state index in [2.05, 4.69) is 6.92 Å². The van der Waals surface area contributed by atoms with Crippen LogP contribution in [0, 0.1) is 0 Å². The Morgan fingerprint density at radius 3 is 2.25 bits per heavy atom. The Hall–Kier alpha value is 0.0103. The molecule has 0 amide bonds. The second-order valence-electron chi connectivity index (χ2n) is 2.40. The molecule has 0 fully saturated rings. The van der Waals surface area contributed by atoms with E-state index in [-0.39, 0.29) is 5.97 Å². The topological polar surface area (TPSA) is 43.4 Å². The molecule has 77 valence electrons. The minimum atomic E-state index is -0.170. The molecule has 4 heteroatoms. The van der Waals surface area contributed by atoms with Gasteiger partial charge in [0.25, 0.3) is 0 Å². The van der Waals surface area contributed by atoms with Gasteiger partial charge in [0.05, 0.1) is 6.61 Å². The zero-order chi connectivity index (χ0) is 9.82. The van der Waals surface area contributed by atoms with Crippen LogP contribution < -0.4 is 0 Å². The van der Waals surface area contributed by atoms with Crippen molar-refractivity contribution >= 4 is 5.97 Å². The Bertz CT molecular complexity index is 106.